The van der Waals surface area contributed by atoms with Crippen molar-refractivity contribution in [1.82, 2.24) is 14.5 Å². The van der Waals surface area contributed by atoms with Crippen molar-refractivity contribution in [3.63, 3.8) is 0 Å². The van der Waals surface area contributed by atoms with Crippen LogP contribution < -0.4 is 0 Å². The normalized spacial score (nSPS) is 16.7. The van der Waals surface area contributed by atoms with E-state index in [2.05, 4.69) is 27.7 Å². The molecule has 110 valence electrons. The first-order valence-corrected chi connectivity index (χ1v) is 7.92. The zero-order valence-electron chi connectivity index (χ0n) is 12.5. The Morgan fingerprint density at radius 2 is 1.86 bits per heavy atom. The van der Waals surface area contributed by atoms with Gasteiger partial charge in [-0.1, -0.05) is 25.0 Å². The predicted octanol–water partition coefficient (Wildman–Crippen LogP) is 3.33. The number of hydrogen-bond acceptors (Lipinski definition) is 3. The van der Waals surface area contributed by atoms with Crippen molar-refractivity contribution in [3.05, 3.63) is 30.1 Å². The maximum atomic E-state index is 8.89. The van der Waals surface area contributed by atoms with Gasteiger partial charge in [0.25, 0.3) is 0 Å². The molecule has 0 amide bonds. The molecule has 1 aromatic carbocycles. The van der Waals surface area contributed by atoms with Gasteiger partial charge in [0.15, 0.2) is 0 Å². The monoisotopic (exact) mass is 282 g/mol. The van der Waals surface area contributed by atoms with Crippen molar-refractivity contribution in [2.24, 2.45) is 0 Å². The lowest BCUT2D eigenvalue weighted by Crippen LogP contribution is -2.26. The molecule has 3 rings (SSSR count). The van der Waals surface area contributed by atoms with Crippen LogP contribution in [0.15, 0.2) is 24.3 Å². The maximum absolute atomic E-state index is 8.89. The van der Waals surface area contributed by atoms with E-state index in [1.54, 1.807) is 0 Å². The molecule has 0 saturated carbocycles. The van der Waals surface area contributed by atoms with Gasteiger partial charge in [-0.25, -0.2) is 4.98 Å². The number of fused-ring (bicyclic) bond motifs is 1. The van der Waals surface area contributed by atoms with Gasteiger partial charge >= 0.3 is 0 Å². The third-order valence-corrected chi connectivity index (χ3v) is 4.24. The smallest absolute Gasteiger partial charge is 0.124 e. The first kappa shape index (κ1) is 14.1. The molecule has 1 aromatic heterocycles. The van der Waals surface area contributed by atoms with Gasteiger partial charge in [0, 0.05) is 6.54 Å². The lowest BCUT2D eigenvalue weighted by Gasteiger charge is -2.19. The molecule has 1 saturated heterocycles. The number of hydrogen-bond donors (Lipinski definition) is 0. The number of aromatic nitrogens is 2. The Bertz CT molecular complexity index is 630. The lowest BCUT2D eigenvalue weighted by atomic mass is 10.2. The predicted molar refractivity (Wildman–Crippen MR) is 83.7 cm³/mol. The molecule has 0 atom stereocenters. The van der Waals surface area contributed by atoms with Crippen molar-refractivity contribution in [1.29, 1.82) is 5.26 Å². The summed E-state index contributed by atoms with van der Waals surface area (Å²) in [6.45, 7) is 3.98. The van der Waals surface area contributed by atoms with Crippen LogP contribution in [0.3, 0.4) is 0 Å². The van der Waals surface area contributed by atoms with E-state index in [-0.39, 0.29) is 0 Å². The Labute approximate surface area is 126 Å². The summed E-state index contributed by atoms with van der Waals surface area (Å²) in [5, 5.41) is 8.89. The zero-order chi connectivity index (χ0) is 14.5. The van der Waals surface area contributed by atoms with Crippen LogP contribution >= 0.6 is 0 Å². The second-order valence-corrected chi connectivity index (χ2v) is 5.77. The fourth-order valence-corrected chi connectivity index (χ4v) is 3.15. The first-order valence-electron chi connectivity index (χ1n) is 7.92. The highest BCUT2D eigenvalue weighted by Crippen LogP contribution is 2.19. The molecule has 0 bridgehead atoms. The minimum absolute atomic E-state index is 0.535. The Morgan fingerprint density at radius 1 is 1.10 bits per heavy atom. The van der Waals surface area contributed by atoms with Crippen LogP contribution in [0.4, 0.5) is 0 Å². The summed E-state index contributed by atoms with van der Waals surface area (Å²) in [6.07, 6.45) is 5.81. The molecule has 1 aliphatic heterocycles. The number of nitriles is 1. The average molecular weight is 282 g/mol. The number of nitrogens with zero attached hydrogens (tertiary/aromatic N) is 4. The molecule has 21 heavy (non-hydrogen) atoms. The third kappa shape index (κ3) is 3.25. The van der Waals surface area contributed by atoms with Gasteiger partial charge in [0.1, 0.15) is 5.82 Å². The van der Waals surface area contributed by atoms with E-state index in [1.165, 1.54) is 38.8 Å². The topological polar surface area (TPSA) is 44.9 Å². The van der Waals surface area contributed by atoms with Gasteiger partial charge in [-0.15, -0.1) is 0 Å². The quantitative estimate of drug-likeness (QED) is 0.864. The van der Waals surface area contributed by atoms with E-state index in [4.69, 9.17) is 10.2 Å². The SMILES string of the molecule is N#CCCn1c(CN2CCCCCC2)nc2ccccc21. The largest absolute Gasteiger partial charge is 0.326 e. The molecule has 0 aliphatic carbocycles. The summed E-state index contributed by atoms with van der Waals surface area (Å²) in [6, 6.07) is 10.5. The molecule has 2 aromatic rings. The van der Waals surface area contributed by atoms with Crippen LogP contribution in [0.25, 0.3) is 11.0 Å². The fraction of sp³-hybridized carbons (Fsp3) is 0.529. The molecule has 1 aliphatic rings. The number of imidazole rings is 1. The molecule has 4 nitrogen and oxygen atoms in total. The lowest BCUT2D eigenvalue weighted by molar-refractivity contribution is 0.266. The van der Waals surface area contributed by atoms with E-state index >= 15 is 0 Å². The van der Waals surface area contributed by atoms with Crippen LogP contribution in [0.1, 0.15) is 37.9 Å². The Morgan fingerprint density at radius 3 is 2.62 bits per heavy atom. The minimum Gasteiger partial charge on any atom is -0.326 e. The van der Waals surface area contributed by atoms with E-state index in [0.717, 1.165) is 29.9 Å². The number of para-hydroxylation sites is 2. The molecule has 0 radical (unpaired) electrons. The molecule has 1 fully saturated rings. The van der Waals surface area contributed by atoms with E-state index < -0.39 is 0 Å². The maximum Gasteiger partial charge on any atom is 0.124 e. The van der Waals surface area contributed by atoms with Crippen molar-refractivity contribution in [2.45, 2.75) is 45.2 Å². The van der Waals surface area contributed by atoms with E-state index in [0.29, 0.717) is 6.42 Å². The van der Waals surface area contributed by atoms with Crippen molar-refractivity contribution in [2.75, 3.05) is 13.1 Å². The number of rotatable bonds is 4. The molecular weight excluding hydrogens is 260 g/mol. The Kier molecular flexibility index (Phi) is 4.52. The molecule has 0 N–H and O–H groups in total. The van der Waals surface area contributed by atoms with Crippen LogP contribution in [0.5, 0.6) is 0 Å². The van der Waals surface area contributed by atoms with E-state index in [1.807, 2.05) is 12.1 Å². The highest BCUT2D eigenvalue weighted by molar-refractivity contribution is 5.75. The van der Waals surface area contributed by atoms with E-state index in [9.17, 15) is 0 Å². The Hall–Kier alpha value is -1.86. The standard InChI is InChI=1S/C17H22N4/c18-10-7-13-21-16-9-4-3-8-15(16)19-17(21)14-20-11-5-1-2-6-12-20/h3-4,8-9H,1-2,5-7,11-14H2. The van der Waals surface area contributed by atoms with Crippen molar-refractivity contribution >= 4 is 11.0 Å². The van der Waals surface area contributed by atoms with Gasteiger partial charge in [-0.3, -0.25) is 4.90 Å². The fourth-order valence-electron chi connectivity index (χ4n) is 3.15. The number of likely N-dealkylation sites (tertiary alicyclic amines) is 1. The zero-order valence-corrected chi connectivity index (χ0v) is 12.5. The highest BCUT2D eigenvalue weighted by Gasteiger charge is 2.15. The number of aryl methyl sites for hydroxylation is 1. The molecular formula is C17H22N4. The average Bonchev–Trinajstić information content (AvgIpc) is 2.67. The summed E-state index contributed by atoms with van der Waals surface area (Å²) >= 11 is 0. The molecule has 4 heteroatoms. The summed E-state index contributed by atoms with van der Waals surface area (Å²) in [7, 11) is 0. The van der Waals surface area contributed by atoms with Crippen LogP contribution in [0.2, 0.25) is 0 Å². The van der Waals surface area contributed by atoms with Crippen LogP contribution in [-0.4, -0.2) is 27.5 Å². The van der Waals surface area contributed by atoms with Crippen molar-refractivity contribution in [3.8, 4) is 6.07 Å². The summed E-state index contributed by atoms with van der Waals surface area (Å²) < 4.78 is 2.23. The Balaban J connectivity index is 1.87. The number of benzene rings is 1. The molecule has 0 spiro atoms. The minimum atomic E-state index is 0.535. The van der Waals surface area contributed by atoms with Gasteiger partial charge in [-0.05, 0) is 38.1 Å². The summed E-state index contributed by atoms with van der Waals surface area (Å²) in [4.78, 5) is 7.31. The summed E-state index contributed by atoms with van der Waals surface area (Å²) in [5.74, 6) is 1.10. The van der Waals surface area contributed by atoms with Crippen LogP contribution in [0, 0.1) is 11.3 Å². The molecule has 0 unspecified atom stereocenters. The first-order chi connectivity index (χ1) is 10.4. The van der Waals surface area contributed by atoms with Gasteiger partial charge in [0.05, 0.1) is 30.1 Å². The van der Waals surface area contributed by atoms with Gasteiger partial charge < -0.3 is 4.57 Å². The van der Waals surface area contributed by atoms with Crippen LogP contribution in [-0.2, 0) is 13.1 Å². The van der Waals surface area contributed by atoms with Crippen molar-refractivity contribution < 1.29 is 0 Å². The third-order valence-electron chi connectivity index (χ3n) is 4.24. The second-order valence-electron chi connectivity index (χ2n) is 5.77. The summed E-state index contributed by atoms with van der Waals surface area (Å²) in [5.41, 5.74) is 2.19. The molecule has 2 heterocycles. The van der Waals surface area contributed by atoms with Gasteiger partial charge in [-0.2, -0.15) is 5.26 Å². The van der Waals surface area contributed by atoms with Gasteiger partial charge in [0.2, 0.25) is 0 Å². The second kappa shape index (κ2) is 6.73. The highest BCUT2D eigenvalue weighted by atomic mass is 15.2.